The summed E-state index contributed by atoms with van der Waals surface area (Å²) >= 11 is -3.31. The Labute approximate surface area is 279 Å². The van der Waals surface area contributed by atoms with Gasteiger partial charge in [-0.15, -0.1) is 0 Å². The maximum absolute atomic E-state index is 11.6. The molecule has 0 bridgehead atoms. The van der Waals surface area contributed by atoms with Gasteiger partial charge in [0, 0.05) is 0 Å². The molecule has 0 amide bonds. The van der Waals surface area contributed by atoms with Gasteiger partial charge in [0.05, 0.1) is 0 Å². The molecule has 41 heavy (non-hydrogen) atoms. The molecule has 3 atom stereocenters. The summed E-state index contributed by atoms with van der Waals surface area (Å²) < 4.78 is 14.4. The molecule has 2 fully saturated rings. The average molecular weight is 1080 g/mol. The maximum atomic E-state index is 11.6. The second-order valence-electron chi connectivity index (χ2n) is 9.96. The van der Waals surface area contributed by atoms with Gasteiger partial charge in [0.2, 0.25) is 0 Å². The van der Waals surface area contributed by atoms with Crippen molar-refractivity contribution in [1.29, 1.82) is 0 Å². The van der Waals surface area contributed by atoms with Gasteiger partial charge in [-0.1, -0.05) is 0 Å². The average Bonchev–Trinajstić information content (AvgIpc) is 2.99. The van der Waals surface area contributed by atoms with Crippen molar-refractivity contribution < 1.29 is 28.6 Å². The van der Waals surface area contributed by atoms with E-state index in [1.54, 1.807) is 0 Å². The molecule has 6 nitrogen and oxygen atoms in total. The number of hydrogen-bond acceptors (Lipinski definition) is 12. The van der Waals surface area contributed by atoms with Crippen molar-refractivity contribution in [3.8, 4) is 0 Å². The zero-order chi connectivity index (χ0) is 29.7. The second-order valence-corrected chi connectivity index (χ2v) is 65.9. The third kappa shape index (κ3) is 19.5. The molecule has 0 aliphatic carbocycles. The molecular weight excluding hydrogens is 1030 g/mol. The van der Waals surface area contributed by atoms with Crippen LogP contribution in [0.3, 0.4) is 0 Å². The minimum absolute atomic E-state index is 0.0811. The molecule has 0 aromatic heterocycles. The number of methoxy groups -OCH3 is 3. The van der Waals surface area contributed by atoms with Crippen LogP contribution in [0.25, 0.3) is 0 Å². The first kappa shape index (κ1) is 39.5. The molecule has 0 aromatic rings. The van der Waals surface area contributed by atoms with E-state index in [9.17, 15) is 14.4 Å². The zero-order valence-electron chi connectivity index (χ0n) is 24.8. The van der Waals surface area contributed by atoms with E-state index in [-0.39, 0.29) is 17.9 Å². The molecule has 2 heterocycles. The fraction of sp³-hybridized carbons (Fsp3) is 0.889. The topological polar surface area (TPSA) is 78.9 Å². The van der Waals surface area contributed by atoms with Crippen LogP contribution in [0.5, 0.6) is 0 Å². The zero-order valence-corrected chi connectivity index (χ0v) is 36.6. The van der Waals surface area contributed by atoms with Crippen LogP contribution < -0.4 is 0 Å². The van der Waals surface area contributed by atoms with E-state index in [1.807, 2.05) is 0 Å². The third-order valence-corrected chi connectivity index (χ3v) is 71.9. The van der Waals surface area contributed by atoms with Crippen LogP contribution in [0.15, 0.2) is 0 Å². The Kier molecular flexibility index (Phi) is 24.4. The quantitative estimate of drug-likeness (QED) is 0.0487. The van der Waals surface area contributed by atoms with Gasteiger partial charge in [0.25, 0.3) is 0 Å². The number of unbranched alkanes of at least 4 members (excludes halogenated alkanes) is 3. The second kappa shape index (κ2) is 25.4. The summed E-state index contributed by atoms with van der Waals surface area (Å²) in [6.07, 6.45) is 15.5. The van der Waals surface area contributed by atoms with Crippen molar-refractivity contribution in [2.75, 3.05) is 38.6 Å². The Morgan fingerprint density at radius 3 is 1.73 bits per heavy atom. The van der Waals surface area contributed by atoms with Gasteiger partial charge in [-0.2, -0.15) is 0 Å². The van der Waals surface area contributed by atoms with E-state index in [4.69, 9.17) is 14.2 Å². The number of rotatable bonds is 21. The van der Waals surface area contributed by atoms with Crippen LogP contribution in [0, 0.1) is 0 Å². The van der Waals surface area contributed by atoms with Crippen LogP contribution in [0.2, 0.25) is 0 Å². The van der Waals surface area contributed by atoms with E-state index in [2.05, 4.69) is 51.1 Å². The predicted molar refractivity (Wildman–Crippen MR) is 188 cm³/mol. The molecular formula is C27H48Bi2O6S6. The fourth-order valence-corrected chi connectivity index (χ4v) is 78.7. The molecule has 2 aliphatic heterocycles. The summed E-state index contributed by atoms with van der Waals surface area (Å²) in [4.78, 5) is 34.4. The molecule has 2 saturated heterocycles. The summed E-state index contributed by atoms with van der Waals surface area (Å²) in [5.41, 5.74) is 0. The Morgan fingerprint density at radius 1 is 0.707 bits per heavy atom. The summed E-state index contributed by atoms with van der Waals surface area (Å²) in [7, 11) is 18.5. The predicted octanol–water partition coefficient (Wildman–Crippen LogP) is 7.86. The van der Waals surface area contributed by atoms with Crippen molar-refractivity contribution in [1.82, 2.24) is 0 Å². The van der Waals surface area contributed by atoms with Crippen LogP contribution >= 0.6 is 51.1 Å². The summed E-state index contributed by atoms with van der Waals surface area (Å²) in [5.74, 6) is 3.69. The molecule has 0 radical (unpaired) electrons. The van der Waals surface area contributed by atoms with E-state index < -0.39 is 34.7 Å². The molecule has 0 aromatic carbocycles. The van der Waals surface area contributed by atoms with Crippen LogP contribution in [0.1, 0.15) is 96.3 Å². The first-order chi connectivity index (χ1) is 19.9. The Bertz CT molecular complexity index is 755. The molecule has 2 rings (SSSR count). The number of carbonyl (C=O) groups is 3. The summed E-state index contributed by atoms with van der Waals surface area (Å²) in [5, 5.41) is 2.32. The standard InChI is InChI=1S/3C9H18O2S2.2Bi/c3*1-11-9(10)5-3-2-4-8(13)6-7-12;;/h3*8,12-13H,2-7H2,1H3;;/q;;;2*+3/p-6. The fourth-order valence-electron chi connectivity index (χ4n) is 4.30. The first-order valence-electron chi connectivity index (χ1n) is 14.6. The van der Waals surface area contributed by atoms with Gasteiger partial charge in [-0.25, -0.2) is 0 Å². The van der Waals surface area contributed by atoms with Crippen LogP contribution in [-0.4, -0.2) is 107 Å². The minimum atomic E-state index is -1.71. The van der Waals surface area contributed by atoms with Gasteiger partial charge in [-0.05, 0) is 0 Å². The molecule has 14 heteroatoms. The van der Waals surface area contributed by atoms with Crippen molar-refractivity contribution in [3.63, 3.8) is 0 Å². The molecule has 0 N–H and O–H groups in total. The van der Waals surface area contributed by atoms with Gasteiger partial charge in [0.1, 0.15) is 0 Å². The first-order valence-corrected chi connectivity index (χ1v) is 45.5. The Morgan fingerprint density at radius 2 is 1.20 bits per heavy atom. The van der Waals surface area contributed by atoms with Crippen molar-refractivity contribution in [2.45, 2.75) is 112 Å². The number of carbonyl (C=O) groups excluding carboxylic acids is 3. The Hall–Kier alpha value is 2.28. The number of hydrogen-bond donors (Lipinski definition) is 0. The number of ether oxygens (including phenoxy) is 3. The SMILES string of the molecule is COC(=O)CCCCC1CC[S][Bi]([S]CCC(CCCCC(=O)OC)[S][Bi]2[S]CCC(CCCCC(=O)OC)[S]2)[S]1. The molecule has 0 saturated carbocycles. The summed E-state index contributed by atoms with van der Waals surface area (Å²) in [6, 6.07) is 0. The molecule has 0 spiro atoms. The molecule has 2 aliphatic rings. The normalized spacial score (nSPS) is 20.9. The van der Waals surface area contributed by atoms with Crippen LogP contribution in [-0.2, 0) is 28.6 Å². The van der Waals surface area contributed by atoms with E-state index in [0.717, 1.165) is 54.3 Å². The Balaban J connectivity index is 1.75. The van der Waals surface area contributed by atoms with Gasteiger partial charge >= 0.3 is 283 Å². The molecule has 238 valence electrons. The van der Waals surface area contributed by atoms with Gasteiger partial charge in [-0.3, -0.25) is 0 Å². The number of esters is 3. The summed E-state index contributed by atoms with van der Waals surface area (Å²) in [6.45, 7) is 0. The van der Waals surface area contributed by atoms with Crippen molar-refractivity contribution in [3.05, 3.63) is 0 Å². The van der Waals surface area contributed by atoms with Crippen LogP contribution in [0.4, 0.5) is 0 Å². The van der Waals surface area contributed by atoms with Crippen molar-refractivity contribution in [2.24, 2.45) is 0 Å². The van der Waals surface area contributed by atoms with E-state index >= 15 is 0 Å². The third-order valence-electron chi connectivity index (χ3n) is 6.77. The monoisotopic (exact) mass is 1080 g/mol. The van der Waals surface area contributed by atoms with Gasteiger partial charge in [0.15, 0.2) is 0 Å². The van der Waals surface area contributed by atoms with Gasteiger partial charge < -0.3 is 0 Å². The van der Waals surface area contributed by atoms with E-state index in [1.165, 1.54) is 77.1 Å². The van der Waals surface area contributed by atoms with E-state index in [0.29, 0.717) is 19.3 Å². The molecule has 3 unspecified atom stereocenters. The van der Waals surface area contributed by atoms with Crippen molar-refractivity contribution >= 4 is 104 Å².